The molecule has 0 radical (unpaired) electrons. The molecule has 3 rings (SSSR count). The number of benzene rings is 1. The van der Waals surface area contributed by atoms with Crippen LogP contribution >= 0.6 is 0 Å². The molecule has 1 aliphatic rings. The average molecular weight is 333 g/mol. The van der Waals surface area contributed by atoms with Crippen LogP contribution in [0.4, 0.5) is 24.7 Å². The Morgan fingerprint density at radius 3 is 2.33 bits per heavy atom. The highest BCUT2D eigenvalue weighted by atomic mass is 19.4. The molecule has 0 spiro atoms. The Kier molecular flexibility index (Phi) is 4.25. The van der Waals surface area contributed by atoms with Gasteiger partial charge in [0.05, 0.1) is 5.56 Å². The van der Waals surface area contributed by atoms with Gasteiger partial charge in [0.2, 0.25) is 0 Å². The van der Waals surface area contributed by atoms with E-state index >= 15 is 0 Å². The zero-order chi connectivity index (χ0) is 17.2. The first kappa shape index (κ1) is 16.1. The highest BCUT2D eigenvalue weighted by Gasteiger charge is 2.31. The zero-order valence-electron chi connectivity index (χ0n) is 12.7. The number of hydrogen-bond donors (Lipinski definition) is 0. The van der Waals surface area contributed by atoms with E-state index < -0.39 is 11.7 Å². The van der Waals surface area contributed by atoms with Crippen molar-refractivity contribution < 1.29 is 13.2 Å². The number of aromatic nitrogens is 2. The van der Waals surface area contributed by atoms with Gasteiger partial charge in [0.1, 0.15) is 6.07 Å². The van der Waals surface area contributed by atoms with Gasteiger partial charge in [-0.05, 0) is 18.2 Å². The Bertz CT molecular complexity index is 761. The number of halogens is 3. The summed E-state index contributed by atoms with van der Waals surface area (Å²) in [5.41, 5.74) is 0.150. The molecule has 1 saturated heterocycles. The topological polar surface area (TPSA) is 56.1 Å². The zero-order valence-corrected chi connectivity index (χ0v) is 12.7. The van der Waals surface area contributed by atoms with Gasteiger partial charge >= 0.3 is 6.18 Å². The maximum Gasteiger partial charge on any atom is 0.416 e. The number of hydrogen-bond acceptors (Lipinski definition) is 5. The van der Waals surface area contributed by atoms with Gasteiger partial charge in [0, 0.05) is 44.3 Å². The minimum Gasteiger partial charge on any atom is -0.368 e. The first-order valence-corrected chi connectivity index (χ1v) is 7.37. The van der Waals surface area contributed by atoms with Gasteiger partial charge in [0.15, 0.2) is 11.5 Å². The molecule has 1 fully saturated rings. The molecule has 0 amide bonds. The lowest BCUT2D eigenvalue weighted by atomic mass is 10.1. The van der Waals surface area contributed by atoms with E-state index in [1.54, 1.807) is 6.07 Å². The van der Waals surface area contributed by atoms with Gasteiger partial charge in [-0.25, -0.2) is 9.97 Å². The number of anilines is 2. The summed E-state index contributed by atoms with van der Waals surface area (Å²) in [4.78, 5) is 12.0. The lowest BCUT2D eigenvalue weighted by Crippen LogP contribution is -2.47. The number of nitriles is 1. The Hall–Kier alpha value is -2.82. The summed E-state index contributed by atoms with van der Waals surface area (Å²) in [5, 5.41) is 9.09. The van der Waals surface area contributed by atoms with Crippen molar-refractivity contribution in [2.24, 2.45) is 0 Å². The van der Waals surface area contributed by atoms with Crippen molar-refractivity contribution >= 4 is 11.5 Å². The van der Waals surface area contributed by atoms with Crippen LogP contribution in [-0.2, 0) is 6.18 Å². The second kappa shape index (κ2) is 6.35. The van der Waals surface area contributed by atoms with E-state index in [1.807, 2.05) is 15.9 Å². The summed E-state index contributed by atoms with van der Waals surface area (Å²) in [5.74, 6) is 0.517. The molecule has 0 saturated carbocycles. The first-order chi connectivity index (χ1) is 11.5. The van der Waals surface area contributed by atoms with E-state index in [0.717, 1.165) is 6.07 Å². The standard InChI is InChI=1S/C16H14F3N5/c17-16(18,19)12-2-1-3-13(10-12)23-6-8-24(9-7-23)15-14(11-20)21-4-5-22-15/h1-5,10H,6-9H2. The van der Waals surface area contributed by atoms with Gasteiger partial charge < -0.3 is 9.80 Å². The summed E-state index contributed by atoms with van der Waals surface area (Å²) in [7, 11) is 0. The van der Waals surface area contributed by atoms with E-state index in [4.69, 9.17) is 5.26 Å². The summed E-state index contributed by atoms with van der Waals surface area (Å²) < 4.78 is 38.5. The Balaban J connectivity index is 1.73. The maximum absolute atomic E-state index is 12.8. The van der Waals surface area contributed by atoms with Crippen LogP contribution in [-0.4, -0.2) is 36.1 Å². The van der Waals surface area contributed by atoms with Gasteiger partial charge in [-0.3, -0.25) is 0 Å². The fraction of sp³-hybridized carbons (Fsp3) is 0.312. The van der Waals surface area contributed by atoms with Crippen LogP contribution in [0.5, 0.6) is 0 Å². The third-order valence-electron chi connectivity index (χ3n) is 3.90. The molecular formula is C16H14F3N5. The second-order valence-corrected chi connectivity index (χ2v) is 5.36. The van der Waals surface area contributed by atoms with Crippen molar-refractivity contribution in [3.8, 4) is 6.07 Å². The van der Waals surface area contributed by atoms with Crippen molar-refractivity contribution in [1.82, 2.24) is 9.97 Å². The summed E-state index contributed by atoms with van der Waals surface area (Å²) in [6, 6.07) is 7.33. The van der Waals surface area contributed by atoms with Crippen LogP contribution < -0.4 is 9.80 Å². The Morgan fingerprint density at radius 1 is 1.00 bits per heavy atom. The number of nitrogens with zero attached hydrogens (tertiary/aromatic N) is 5. The molecule has 1 aromatic carbocycles. The monoisotopic (exact) mass is 333 g/mol. The minimum absolute atomic E-state index is 0.255. The SMILES string of the molecule is N#Cc1nccnc1N1CCN(c2cccc(C(F)(F)F)c2)CC1. The third-order valence-corrected chi connectivity index (χ3v) is 3.90. The highest BCUT2D eigenvalue weighted by Crippen LogP contribution is 2.32. The van der Waals surface area contributed by atoms with Crippen LogP contribution in [0.1, 0.15) is 11.3 Å². The third kappa shape index (κ3) is 3.25. The van der Waals surface area contributed by atoms with E-state index in [0.29, 0.717) is 37.7 Å². The average Bonchev–Trinajstić information content (AvgIpc) is 2.61. The van der Waals surface area contributed by atoms with Crippen molar-refractivity contribution in [3.05, 3.63) is 47.9 Å². The van der Waals surface area contributed by atoms with Crippen LogP contribution in [0.3, 0.4) is 0 Å². The van der Waals surface area contributed by atoms with Crippen molar-refractivity contribution in [1.29, 1.82) is 5.26 Å². The summed E-state index contributed by atoms with van der Waals surface area (Å²) >= 11 is 0. The Labute approximate surface area is 137 Å². The van der Waals surface area contributed by atoms with Gasteiger partial charge in [-0.1, -0.05) is 6.07 Å². The van der Waals surface area contributed by atoms with Crippen LogP contribution in [0.2, 0.25) is 0 Å². The highest BCUT2D eigenvalue weighted by molar-refractivity contribution is 5.54. The molecule has 5 nitrogen and oxygen atoms in total. The fourth-order valence-electron chi connectivity index (χ4n) is 2.70. The number of alkyl halides is 3. The van der Waals surface area contributed by atoms with Crippen LogP contribution in [0.15, 0.2) is 36.7 Å². The van der Waals surface area contributed by atoms with Gasteiger partial charge in [0.25, 0.3) is 0 Å². The van der Waals surface area contributed by atoms with Gasteiger partial charge in [-0.15, -0.1) is 0 Å². The van der Waals surface area contributed by atoms with Crippen LogP contribution in [0, 0.1) is 11.3 Å². The maximum atomic E-state index is 12.8. The molecular weight excluding hydrogens is 319 g/mol. The predicted molar refractivity (Wildman–Crippen MR) is 82.6 cm³/mol. The predicted octanol–water partition coefficient (Wildman–Crippen LogP) is 2.69. The Morgan fingerprint density at radius 2 is 1.67 bits per heavy atom. The molecule has 1 aromatic heterocycles. The van der Waals surface area contributed by atoms with Crippen LogP contribution in [0.25, 0.3) is 0 Å². The molecule has 0 atom stereocenters. The molecule has 24 heavy (non-hydrogen) atoms. The molecule has 1 aliphatic heterocycles. The smallest absolute Gasteiger partial charge is 0.368 e. The molecule has 0 bridgehead atoms. The van der Waals surface area contributed by atoms with E-state index in [-0.39, 0.29) is 5.69 Å². The van der Waals surface area contributed by atoms with Crippen molar-refractivity contribution in [2.75, 3.05) is 36.0 Å². The first-order valence-electron chi connectivity index (χ1n) is 7.37. The van der Waals surface area contributed by atoms with Gasteiger partial charge in [-0.2, -0.15) is 18.4 Å². The lowest BCUT2D eigenvalue weighted by molar-refractivity contribution is -0.137. The lowest BCUT2D eigenvalue weighted by Gasteiger charge is -2.36. The normalized spacial score (nSPS) is 15.2. The molecule has 0 N–H and O–H groups in total. The minimum atomic E-state index is -4.35. The second-order valence-electron chi connectivity index (χ2n) is 5.36. The van der Waals surface area contributed by atoms with E-state index in [1.165, 1.54) is 24.5 Å². The fourth-order valence-corrected chi connectivity index (χ4v) is 2.70. The quantitative estimate of drug-likeness (QED) is 0.846. The van der Waals surface area contributed by atoms with Crippen molar-refractivity contribution in [2.45, 2.75) is 6.18 Å². The molecule has 2 heterocycles. The molecule has 2 aromatic rings. The van der Waals surface area contributed by atoms with E-state index in [2.05, 4.69) is 9.97 Å². The number of piperazine rings is 1. The van der Waals surface area contributed by atoms with Crippen molar-refractivity contribution in [3.63, 3.8) is 0 Å². The largest absolute Gasteiger partial charge is 0.416 e. The molecule has 124 valence electrons. The molecule has 0 aliphatic carbocycles. The van der Waals surface area contributed by atoms with E-state index in [9.17, 15) is 13.2 Å². The molecule has 0 unspecified atom stereocenters. The summed E-state index contributed by atoms with van der Waals surface area (Å²) in [6.07, 6.45) is -1.37. The molecule has 8 heteroatoms. The summed E-state index contributed by atoms with van der Waals surface area (Å²) in [6.45, 7) is 2.21. The number of rotatable bonds is 2.